The van der Waals surface area contributed by atoms with Gasteiger partial charge in [0.2, 0.25) is 11.8 Å². The van der Waals surface area contributed by atoms with Crippen LogP contribution >= 0.6 is 35.6 Å². The molecule has 0 saturated carbocycles. The minimum atomic E-state index is -4.52. The molecule has 0 bridgehead atoms. The first-order valence-corrected chi connectivity index (χ1v) is 8.41. The molecule has 1 heterocycles. The topological polar surface area (TPSA) is 87.6 Å². The van der Waals surface area contributed by atoms with Gasteiger partial charge in [0.1, 0.15) is 11.6 Å². The molecule has 1 rings (SSSR count). The van der Waals surface area contributed by atoms with Gasteiger partial charge < -0.3 is 20.7 Å². The second kappa shape index (κ2) is 11.5. The Kier molecular flexibility index (Phi) is 10.9. The van der Waals surface area contributed by atoms with E-state index in [4.69, 9.17) is 16.3 Å². The Morgan fingerprint density at radius 3 is 2.43 bits per heavy atom. The van der Waals surface area contributed by atoms with E-state index in [-0.39, 0.29) is 66.0 Å². The molecule has 0 unspecified atom stereocenters. The third-order valence-corrected chi connectivity index (χ3v) is 3.19. The first-order valence-electron chi connectivity index (χ1n) is 8.03. The lowest BCUT2D eigenvalue weighted by Gasteiger charge is -2.21. The summed E-state index contributed by atoms with van der Waals surface area (Å²) in [5.74, 6) is 0.0792. The summed E-state index contributed by atoms with van der Waals surface area (Å²) in [5, 5.41) is 8.29. The predicted octanol–water partition coefficient (Wildman–Crippen LogP) is 2.83. The Morgan fingerprint density at radius 2 is 1.93 bits per heavy atom. The summed E-state index contributed by atoms with van der Waals surface area (Å²) in [6, 6.07) is 0.756. The second-order valence-corrected chi connectivity index (χ2v) is 6.92. The Labute approximate surface area is 183 Å². The minimum absolute atomic E-state index is 0. The standard InChI is InChI=1S/C16H23ClF3N5O2.HI/c1-15(2,3)25-12(26)9-24-14(21-4)22-5-6-27-13-11(17)7-10(8-23-13)16(18,19)20;/h7-8H,5-6,9H2,1-4H3,(H,25,26)(H2,21,22,24);1H. The van der Waals surface area contributed by atoms with Crippen LogP contribution in [0.4, 0.5) is 13.2 Å². The van der Waals surface area contributed by atoms with Gasteiger partial charge in [-0.2, -0.15) is 13.2 Å². The average molecular weight is 538 g/mol. The monoisotopic (exact) mass is 537 g/mol. The summed E-state index contributed by atoms with van der Waals surface area (Å²) < 4.78 is 42.9. The zero-order chi connectivity index (χ0) is 20.7. The van der Waals surface area contributed by atoms with Crippen molar-refractivity contribution in [3.8, 4) is 5.88 Å². The van der Waals surface area contributed by atoms with Crippen molar-refractivity contribution in [2.75, 3.05) is 26.7 Å². The number of rotatable bonds is 6. The molecule has 0 fully saturated rings. The van der Waals surface area contributed by atoms with E-state index < -0.39 is 11.7 Å². The molecule has 1 aromatic heterocycles. The summed E-state index contributed by atoms with van der Waals surface area (Å²) in [7, 11) is 1.53. The van der Waals surface area contributed by atoms with E-state index in [0.717, 1.165) is 6.07 Å². The van der Waals surface area contributed by atoms with Crippen LogP contribution in [0, 0.1) is 0 Å². The summed E-state index contributed by atoms with van der Waals surface area (Å²) in [5.41, 5.74) is -1.28. The van der Waals surface area contributed by atoms with E-state index in [0.29, 0.717) is 12.2 Å². The molecule has 0 saturated heterocycles. The van der Waals surface area contributed by atoms with Gasteiger partial charge in [0.05, 0.1) is 18.7 Å². The van der Waals surface area contributed by atoms with Crippen molar-refractivity contribution in [3.05, 3.63) is 22.8 Å². The Balaban J connectivity index is 0.00000729. The fourth-order valence-corrected chi connectivity index (χ4v) is 2.07. The van der Waals surface area contributed by atoms with Crippen molar-refractivity contribution in [2.45, 2.75) is 32.5 Å². The maximum absolute atomic E-state index is 12.6. The second-order valence-electron chi connectivity index (χ2n) is 6.51. The number of ether oxygens (including phenoxy) is 1. The summed E-state index contributed by atoms with van der Waals surface area (Å²) >= 11 is 5.75. The molecule has 7 nitrogen and oxygen atoms in total. The average Bonchev–Trinajstić information content (AvgIpc) is 2.52. The lowest BCUT2D eigenvalue weighted by molar-refractivity contribution is -0.137. The van der Waals surface area contributed by atoms with Crippen LogP contribution < -0.4 is 20.7 Å². The van der Waals surface area contributed by atoms with Crippen LogP contribution in [0.25, 0.3) is 0 Å². The number of alkyl halides is 3. The van der Waals surface area contributed by atoms with Gasteiger partial charge >= 0.3 is 6.18 Å². The number of carbonyl (C=O) groups is 1. The van der Waals surface area contributed by atoms with Gasteiger partial charge in [-0.15, -0.1) is 24.0 Å². The number of hydrogen-bond acceptors (Lipinski definition) is 4. The molecule has 0 aliphatic carbocycles. The van der Waals surface area contributed by atoms with Crippen molar-refractivity contribution in [2.24, 2.45) is 4.99 Å². The van der Waals surface area contributed by atoms with E-state index in [1.54, 1.807) is 0 Å². The number of nitrogens with one attached hydrogen (secondary N) is 3. The van der Waals surface area contributed by atoms with Crippen LogP contribution in [0.3, 0.4) is 0 Å². The van der Waals surface area contributed by atoms with Crippen molar-refractivity contribution in [3.63, 3.8) is 0 Å². The number of nitrogens with zero attached hydrogens (tertiary/aromatic N) is 2. The van der Waals surface area contributed by atoms with Crippen LogP contribution in [0.5, 0.6) is 5.88 Å². The molecule has 1 amide bonds. The quantitative estimate of drug-likeness (QED) is 0.225. The number of aromatic nitrogens is 1. The summed E-state index contributed by atoms with van der Waals surface area (Å²) in [6.45, 7) is 5.98. The number of carbonyl (C=O) groups excluding carboxylic acids is 1. The maximum Gasteiger partial charge on any atom is 0.417 e. The SMILES string of the molecule is CN=C(NCCOc1ncc(C(F)(F)F)cc1Cl)NCC(=O)NC(C)(C)C.I. The van der Waals surface area contributed by atoms with Gasteiger partial charge in [0, 0.05) is 18.8 Å². The lowest BCUT2D eigenvalue weighted by Crippen LogP contribution is -2.48. The highest BCUT2D eigenvalue weighted by molar-refractivity contribution is 14.0. The fourth-order valence-electron chi connectivity index (χ4n) is 1.85. The van der Waals surface area contributed by atoms with Gasteiger partial charge in [0.15, 0.2) is 5.96 Å². The Morgan fingerprint density at radius 1 is 1.29 bits per heavy atom. The molecule has 0 spiro atoms. The molecule has 28 heavy (non-hydrogen) atoms. The van der Waals surface area contributed by atoms with Crippen LogP contribution in [0.2, 0.25) is 5.02 Å². The van der Waals surface area contributed by atoms with Gasteiger partial charge in [-0.3, -0.25) is 9.79 Å². The number of halogens is 5. The number of hydrogen-bond donors (Lipinski definition) is 3. The normalized spacial score (nSPS) is 12.1. The molecule has 12 heteroatoms. The molecular weight excluding hydrogens is 514 g/mol. The molecule has 0 radical (unpaired) electrons. The van der Waals surface area contributed by atoms with Crippen LogP contribution in [0.15, 0.2) is 17.3 Å². The zero-order valence-electron chi connectivity index (χ0n) is 15.9. The molecule has 0 aliphatic heterocycles. The highest BCUT2D eigenvalue weighted by Crippen LogP contribution is 2.32. The molecule has 0 aliphatic rings. The zero-order valence-corrected chi connectivity index (χ0v) is 19.0. The molecular formula is C16H24ClF3IN5O2. The van der Waals surface area contributed by atoms with Gasteiger partial charge in [-0.05, 0) is 26.8 Å². The Hall–Kier alpha value is -1.50. The Bertz CT molecular complexity index is 681. The van der Waals surface area contributed by atoms with Gasteiger partial charge in [-0.25, -0.2) is 4.98 Å². The molecule has 0 atom stereocenters. The molecule has 0 aromatic carbocycles. The van der Waals surface area contributed by atoms with Crippen LogP contribution in [-0.4, -0.2) is 49.1 Å². The predicted molar refractivity (Wildman–Crippen MR) is 112 cm³/mol. The van der Waals surface area contributed by atoms with E-state index in [1.807, 2.05) is 20.8 Å². The van der Waals surface area contributed by atoms with Crippen molar-refractivity contribution in [1.29, 1.82) is 0 Å². The number of aliphatic imine (C=N–C) groups is 1. The highest BCUT2D eigenvalue weighted by Gasteiger charge is 2.31. The molecule has 160 valence electrons. The fraction of sp³-hybridized carbons (Fsp3) is 0.562. The van der Waals surface area contributed by atoms with E-state index in [2.05, 4.69) is 25.9 Å². The maximum atomic E-state index is 12.6. The van der Waals surface area contributed by atoms with Gasteiger partial charge in [-0.1, -0.05) is 11.6 Å². The van der Waals surface area contributed by atoms with Crippen molar-refractivity contribution < 1.29 is 22.7 Å². The lowest BCUT2D eigenvalue weighted by atomic mass is 10.1. The number of amides is 1. The van der Waals surface area contributed by atoms with Crippen molar-refractivity contribution >= 4 is 47.4 Å². The summed E-state index contributed by atoms with van der Waals surface area (Å²) in [4.78, 5) is 19.3. The van der Waals surface area contributed by atoms with Crippen LogP contribution in [-0.2, 0) is 11.0 Å². The van der Waals surface area contributed by atoms with Crippen molar-refractivity contribution in [1.82, 2.24) is 20.9 Å². The summed E-state index contributed by atoms with van der Waals surface area (Å²) in [6.07, 6.45) is -3.86. The van der Waals surface area contributed by atoms with Gasteiger partial charge in [0.25, 0.3) is 0 Å². The smallest absolute Gasteiger partial charge is 0.417 e. The third-order valence-electron chi connectivity index (χ3n) is 2.92. The molecule has 1 aromatic rings. The minimum Gasteiger partial charge on any atom is -0.475 e. The van der Waals surface area contributed by atoms with Crippen LogP contribution in [0.1, 0.15) is 26.3 Å². The molecule has 3 N–H and O–H groups in total. The first-order chi connectivity index (χ1) is 12.4. The first kappa shape index (κ1) is 26.5. The number of guanidine groups is 1. The van der Waals surface area contributed by atoms with E-state index in [1.165, 1.54) is 7.05 Å². The van der Waals surface area contributed by atoms with E-state index >= 15 is 0 Å². The third kappa shape index (κ3) is 10.2. The highest BCUT2D eigenvalue weighted by atomic mass is 127. The largest absolute Gasteiger partial charge is 0.475 e. The number of pyridine rings is 1. The van der Waals surface area contributed by atoms with E-state index in [9.17, 15) is 18.0 Å².